The highest BCUT2D eigenvalue weighted by atomic mass is 35.5. The van der Waals surface area contributed by atoms with Gasteiger partial charge < -0.3 is 14.6 Å². The molecule has 1 aromatic rings. The number of benzene rings is 1. The van der Waals surface area contributed by atoms with Crippen molar-refractivity contribution in [3.05, 3.63) is 28.8 Å². The van der Waals surface area contributed by atoms with Gasteiger partial charge in [0, 0.05) is 12.5 Å². The van der Waals surface area contributed by atoms with Crippen LogP contribution in [-0.2, 0) is 4.79 Å². The van der Waals surface area contributed by atoms with Gasteiger partial charge in [0.15, 0.2) is 11.5 Å². The number of carboxylic acids is 1. The van der Waals surface area contributed by atoms with Gasteiger partial charge in [-0.15, -0.1) is 0 Å². The van der Waals surface area contributed by atoms with E-state index in [4.69, 9.17) is 26.2 Å². The van der Waals surface area contributed by atoms with Gasteiger partial charge in [0.2, 0.25) is 0 Å². The summed E-state index contributed by atoms with van der Waals surface area (Å²) in [5.41, 5.74) is 0.668. The quantitative estimate of drug-likeness (QED) is 0.825. The Hall–Kier alpha value is -1.68. The molecule has 0 amide bonds. The maximum absolute atomic E-state index is 10.4. The molecule has 2 rings (SSSR count). The van der Waals surface area contributed by atoms with Gasteiger partial charge in [0.1, 0.15) is 0 Å². The van der Waals surface area contributed by atoms with Crippen molar-refractivity contribution in [3.63, 3.8) is 0 Å². The summed E-state index contributed by atoms with van der Waals surface area (Å²) in [7, 11) is 0. The van der Waals surface area contributed by atoms with E-state index in [1.54, 1.807) is 12.1 Å². The van der Waals surface area contributed by atoms with Crippen LogP contribution in [-0.4, -0.2) is 24.3 Å². The first-order chi connectivity index (χ1) is 8.16. The second-order valence-electron chi connectivity index (χ2n) is 3.55. The second-order valence-corrected chi connectivity index (χ2v) is 3.96. The van der Waals surface area contributed by atoms with E-state index in [2.05, 4.69) is 0 Å². The Morgan fingerprint density at radius 1 is 1.35 bits per heavy atom. The molecule has 0 atom stereocenters. The van der Waals surface area contributed by atoms with Crippen LogP contribution in [0.1, 0.15) is 12.0 Å². The fourth-order valence-electron chi connectivity index (χ4n) is 1.51. The fraction of sp³-hybridized carbons (Fsp3) is 0.250. The number of aliphatic carboxylic acids is 1. The van der Waals surface area contributed by atoms with Crippen molar-refractivity contribution < 1.29 is 19.4 Å². The van der Waals surface area contributed by atoms with E-state index in [1.165, 1.54) is 6.08 Å². The number of rotatable bonds is 2. The lowest BCUT2D eigenvalue weighted by Gasteiger charge is -2.09. The molecule has 1 N–H and O–H groups in total. The standard InChI is InChI=1S/C12H11ClO4/c13-9-6-8(2-3-11(14)15)7-10-12(9)17-5-1-4-16-10/h2-3,6-7H,1,4-5H2,(H,14,15)/b3-2+. The zero-order valence-corrected chi connectivity index (χ0v) is 9.74. The predicted molar refractivity (Wildman–Crippen MR) is 63.7 cm³/mol. The lowest BCUT2D eigenvalue weighted by atomic mass is 10.2. The summed E-state index contributed by atoms with van der Waals surface area (Å²) in [6, 6.07) is 3.36. The first-order valence-electron chi connectivity index (χ1n) is 5.17. The van der Waals surface area contributed by atoms with Gasteiger partial charge >= 0.3 is 5.97 Å². The largest absolute Gasteiger partial charge is 0.489 e. The fourth-order valence-corrected chi connectivity index (χ4v) is 1.79. The number of hydrogen-bond donors (Lipinski definition) is 1. The monoisotopic (exact) mass is 254 g/mol. The van der Waals surface area contributed by atoms with Gasteiger partial charge in [-0.3, -0.25) is 0 Å². The smallest absolute Gasteiger partial charge is 0.328 e. The third kappa shape index (κ3) is 2.91. The number of fused-ring (bicyclic) bond motifs is 1. The Kier molecular flexibility index (Phi) is 3.54. The molecule has 1 aliphatic rings. The van der Waals surface area contributed by atoms with Crippen molar-refractivity contribution in [2.24, 2.45) is 0 Å². The van der Waals surface area contributed by atoms with Gasteiger partial charge in [-0.2, -0.15) is 0 Å². The summed E-state index contributed by atoms with van der Waals surface area (Å²) < 4.78 is 10.9. The van der Waals surface area contributed by atoms with Crippen LogP contribution in [0.2, 0.25) is 5.02 Å². The highest BCUT2D eigenvalue weighted by Gasteiger charge is 2.14. The zero-order valence-electron chi connectivity index (χ0n) is 8.98. The summed E-state index contributed by atoms with van der Waals surface area (Å²) in [4.78, 5) is 10.4. The minimum atomic E-state index is -1.01. The van der Waals surface area contributed by atoms with Crippen molar-refractivity contribution in [1.29, 1.82) is 0 Å². The lowest BCUT2D eigenvalue weighted by molar-refractivity contribution is -0.131. The van der Waals surface area contributed by atoms with Crippen LogP contribution in [0.4, 0.5) is 0 Å². The highest BCUT2D eigenvalue weighted by molar-refractivity contribution is 6.32. The summed E-state index contributed by atoms with van der Waals surface area (Å²) in [5.74, 6) is 0.0740. The molecular formula is C12H11ClO4. The Bertz CT molecular complexity index is 468. The van der Waals surface area contributed by atoms with Gasteiger partial charge in [0.25, 0.3) is 0 Å². The van der Waals surface area contributed by atoms with Gasteiger partial charge in [-0.25, -0.2) is 4.79 Å². The molecule has 0 spiro atoms. The molecule has 0 fully saturated rings. The van der Waals surface area contributed by atoms with Crippen LogP contribution in [0, 0.1) is 0 Å². The van der Waals surface area contributed by atoms with Crippen LogP contribution in [0.5, 0.6) is 11.5 Å². The molecule has 1 aromatic carbocycles. The third-order valence-corrected chi connectivity index (χ3v) is 2.52. The van der Waals surface area contributed by atoms with E-state index in [0.717, 1.165) is 12.5 Å². The van der Waals surface area contributed by atoms with Crippen molar-refractivity contribution in [1.82, 2.24) is 0 Å². The van der Waals surface area contributed by atoms with Crippen molar-refractivity contribution in [2.45, 2.75) is 6.42 Å². The normalized spacial score (nSPS) is 14.6. The molecule has 0 saturated carbocycles. The summed E-state index contributed by atoms with van der Waals surface area (Å²) in [5, 5.41) is 8.98. The molecule has 90 valence electrons. The Morgan fingerprint density at radius 2 is 2.12 bits per heavy atom. The Morgan fingerprint density at radius 3 is 2.88 bits per heavy atom. The van der Waals surface area contributed by atoms with Crippen LogP contribution in [0.3, 0.4) is 0 Å². The van der Waals surface area contributed by atoms with E-state index in [1.807, 2.05) is 0 Å². The molecule has 1 heterocycles. The SMILES string of the molecule is O=C(O)/C=C/c1cc(Cl)c2c(c1)OCCCO2. The number of halogens is 1. The van der Waals surface area contributed by atoms with Crippen molar-refractivity contribution >= 4 is 23.6 Å². The van der Waals surface area contributed by atoms with E-state index >= 15 is 0 Å². The molecule has 0 unspecified atom stereocenters. The van der Waals surface area contributed by atoms with Crippen LogP contribution < -0.4 is 9.47 Å². The topological polar surface area (TPSA) is 55.8 Å². The van der Waals surface area contributed by atoms with Crippen LogP contribution in [0.25, 0.3) is 6.08 Å². The van der Waals surface area contributed by atoms with E-state index < -0.39 is 5.97 Å². The number of carboxylic acid groups (broad SMARTS) is 1. The first kappa shape index (κ1) is 11.8. The molecule has 0 aromatic heterocycles. The van der Waals surface area contributed by atoms with E-state index in [9.17, 15) is 4.79 Å². The summed E-state index contributed by atoms with van der Waals surface area (Å²) in [6.07, 6.45) is 3.31. The number of hydrogen-bond acceptors (Lipinski definition) is 3. The molecule has 0 bridgehead atoms. The van der Waals surface area contributed by atoms with Crippen LogP contribution in [0.15, 0.2) is 18.2 Å². The molecular weight excluding hydrogens is 244 g/mol. The summed E-state index contributed by atoms with van der Waals surface area (Å²) >= 11 is 6.05. The van der Waals surface area contributed by atoms with Crippen molar-refractivity contribution in [3.8, 4) is 11.5 Å². The maximum atomic E-state index is 10.4. The Balaban J connectivity index is 2.35. The lowest BCUT2D eigenvalue weighted by Crippen LogP contribution is -1.97. The van der Waals surface area contributed by atoms with Gasteiger partial charge in [-0.05, 0) is 23.8 Å². The van der Waals surface area contributed by atoms with Gasteiger partial charge in [-0.1, -0.05) is 11.6 Å². The number of ether oxygens (including phenoxy) is 2. The molecule has 5 heteroatoms. The molecule has 0 saturated heterocycles. The van der Waals surface area contributed by atoms with Crippen LogP contribution >= 0.6 is 11.6 Å². The van der Waals surface area contributed by atoms with Crippen molar-refractivity contribution in [2.75, 3.05) is 13.2 Å². The van der Waals surface area contributed by atoms with Gasteiger partial charge in [0.05, 0.1) is 18.2 Å². The minimum absolute atomic E-state index is 0.425. The molecule has 0 radical (unpaired) electrons. The summed E-state index contributed by atoms with van der Waals surface area (Å²) in [6.45, 7) is 1.13. The zero-order chi connectivity index (χ0) is 12.3. The van der Waals surface area contributed by atoms with E-state index in [0.29, 0.717) is 35.3 Å². The molecule has 4 nitrogen and oxygen atoms in total. The first-order valence-corrected chi connectivity index (χ1v) is 5.55. The number of carbonyl (C=O) groups is 1. The second kappa shape index (κ2) is 5.10. The average molecular weight is 255 g/mol. The highest BCUT2D eigenvalue weighted by Crippen LogP contribution is 2.38. The van der Waals surface area contributed by atoms with E-state index in [-0.39, 0.29) is 0 Å². The molecule has 0 aliphatic carbocycles. The third-order valence-electron chi connectivity index (χ3n) is 2.24. The predicted octanol–water partition coefficient (Wildman–Crippen LogP) is 2.60. The Labute approximate surface area is 103 Å². The molecule has 17 heavy (non-hydrogen) atoms. The average Bonchev–Trinajstić information content (AvgIpc) is 2.51. The molecule has 1 aliphatic heterocycles. The maximum Gasteiger partial charge on any atom is 0.328 e. The minimum Gasteiger partial charge on any atom is -0.489 e.